The molecule has 31 heavy (non-hydrogen) atoms. The third-order valence-electron chi connectivity index (χ3n) is 6.43. The van der Waals surface area contributed by atoms with Crippen molar-refractivity contribution in [3.8, 4) is 0 Å². The summed E-state index contributed by atoms with van der Waals surface area (Å²) in [5.74, 6) is 1.59. The van der Waals surface area contributed by atoms with Crippen molar-refractivity contribution in [2.45, 2.75) is 63.7 Å². The number of hydrogen-bond donors (Lipinski definition) is 1. The van der Waals surface area contributed by atoms with Gasteiger partial charge in [-0.15, -0.1) is 0 Å². The maximum atomic E-state index is 12.7. The van der Waals surface area contributed by atoms with Gasteiger partial charge in [-0.25, -0.2) is 8.42 Å². The third-order valence-corrected chi connectivity index (χ3v) is 8.35. The fourth-order valence-corrected chi connectivity index (χ4v) is 6.45. The summed E-state index contributed by atoms with van der Waals surface area (Å²) in [6.45, 7) is 9.96. The first-order valence-corrected chi connectivity index (χ1v) is 13.4. The Morgan fingerprint density at radius 1 is 1.03 bits per heavy atom. The third kappa shape index (κ3) is 7.29. The van der Waals surface area contributed by atoms with Crippen molar-refractivity contribution in [2.24, 2.45) is 11.8 Å². The number of likely N-dealkylation sites (tertiary alicyclic amines) is 1. The molecular formula is C24H39N3O3S. The number of nitrogens with one attached hydrogen (secondary N) is 1. The lowest BCUT2D eigenvalue weighted by Crippen LogP contribution is -2.40. The van der Waals surface area contributed by atoms with Crippen LogP contribution in [0.3, 0.4) is 0 Å². The Morgan fingerprint density at radius 2 is 1.68 bits per heavy atom. The Morgan fingerprint density at radius 3 is 2.32 bits per heavy atom. The lowest BCUT2D eigenvalue weighted by molar-refractivity contribution is -0.121. The standard InChI is InChI=1S/C24H39N3O3S/c1-20-17-21(2)19-26(18-20)14-6-13-25-24(28)12-9-22-7-10-23(11-8-22)31(29,30)27-15-4-3-5-16-27/h7-8,10-11,20-21H,3-6,9,12-19H2,1-2H3,(H,25,28). The van der Waals surface area contributed by atoms with E-state index in [-0.39, 0.29) is 5.91 Å². The number of carbonyl (C=O) groups is 1. The van der Waals surface area contributed by atoms with E-state index in [4.69, 9.17) is 0 Å². The molecule has 0 aliphatic carbocycles. The van der Waals surface area contributed by atoms with Crippen LogP contribution in [0.1, 0.15) is 57.9 Å². The first kappa shape index (κ1) is 24.2. The van der Waals surface area contributed by atoms with E-state index in [1.807, 2.05) is 12.1 Å². The molecule has 0 aromatic heterocycles. The number of piperidine rings is 2. The van der Waals surface area contributed by atoms with Crippen molar-refractivity contribution in [2.75, 3.05) is 39.3 Å². The average Bonchev–Trinajstić information content (AvgIpc) is 2.75. The van der Waals surface area contributed by atoms with Crippen LogP contribution in [0.4, 0.5) is 0 Å². The van der Waals surface area contributed by atoms with E-state index in [2.05, 4.69) is 24.1 Å². The molecule has 7 heteroatoms. The summed E-state index contributed by atoms with van der Waals surface area (Å²) in [5, 5.41) is 3.03. The van der Waals surface area contributed by atoms with Crippen LogP contribution in [-0.2, 0) is 21.2 Å². The molecule has 2 aliphatic heterocycles. The second-order valence-corrected chi connectivity index (χ2v) is 11.5. The summed E-state index contributed by atoms with van der Waals surface area (Å²) >= 11 is 0. The molecule has 0 radical (unpaired) electrons. The quantitative estimate of drug-likeness (QED) is 0.588. The minimum Gasteiger partial charge on any atom is -0.356 e. The Bertz CT molecular complexity index is 794. The summed E-state index contributed by atoms with van der Waals surface area (Å²) in [5.41, 5.74) is 0.990. The van der Waals surface area contributed by atoms with Gasteiger partial charge in [-0.1, -0.05) is 32.4 Å². The predicted octanol–water partition coefficient (Wildman–Crippen LogP) is 3.28. The molecule has 6 nitrogen and oxygen atoms in total. The highest BCUT2D eigenvalue weighted by Crippen LogP contribution is 2.22. The van der Waals surface area contributed by atoms with Gasteiger partial charge in [0.15, 0.2) is 0 Å². The van der Waals surface area contributed by atoms with Crippen molar-refractivity contribution >= 4 is 15.9 Å². The van der Waals surface area contributed by atoms with Gasteiger partial charge < -0.3 is 10.2 Å². The van der Waals surface area contributed by atoms with E-state index in [9.17, 15) is 13.2 Å². The number of amides is 1. The summed E-state index contributed by atoms with van der Waals surface area (Å²) in [7, 11) is -3.39. The SMILES string of the molecule is CC1CC(C)CN(CCCNC(=O)CCc2ccc(S(=O)(=O)N3CCCCC3)cc2)C1. The van der Waals surface area contributed by atoms with Gasteiger partial charge >= 0.3 is 0 Å². The monoisotopic (exact) mass is 449 g/mol. The lowest BCUT2D eigenvalue weighted by Gasteiger charge is -2.34. The van der Waals surface area contributed by atoms with E-state index in [0.717, 1.165) is 49.6 Å². The van der Waals surface area contributed by atoms with E-state index in [0.29, 0.717) is 37.4 Å². The van der Waals surface area contributed by atoms with Crippen LogP contribution in [0.5, 0.6) is 0 Å². The highest BCUT2D eigenvalue weighted by molar-refractivity contribution is 7.89. The Hall–Kier alpha value is -1.44. The largest absolute Gasteiger partial charge is 0.356 e. The molecule has 2 saturated heterocycles. The molecule has 2 atom stereocenters. The van der Waals surface area contributed by atoms with Crippen molar-refractivity contribution in [3.05, 3.63) is 29.8 Å². The van der Waals surface area contributed by atoms with Crippen LogP contribution in [0.2, 0.25) is 0 Å². The van der Waals surface area contributed by atoms with E-state index >= 15 is 0 Å². The minimum atomic E-state index is -3.39. The van der Waals surface area contributed by atoms with E-state index < -0.39 is 10.0 Å². The van der Waals surface area contributed by atoms with Crippen LogP contribution in [0.15, 0.2) is 29.2 Å². The second kappa shape index (κ2) is 11.4. The van der Waals surface area contributed by atoms with Crippen LogP contribution in [-0.4, -0.2) is 62.8 Å². The Kier molecular flexibility index (Phi) is 8.93. The molecule has 174 valence electrons. The van der Waals surface area contributed by atoms with Crippen LogP contribution in [0.25, 0.3) is 0 Å². The Labute approximate surface area is 188 Å². The number of hydrogen-bond acceptors (Lipinski definition) is 4. The molecular weight excluding hydrogens is 410 g/mol. The molecule has 2 unspecified atom stereocenters. The topological polar surface area (TPSA) is 69.7 Å². The molecule has 2 fully saturated rings. The maximum absolute atomic E-state index is 12.7. The van der Waals surface area contributed by atoms with Crippen molar-refractivity contribution in [3.63, 3.8) is 0 Å². The first-order valence-electron chi connectivity index (χ1n) is 11.9. The molecule has 0 spiro atoms. The number of sulfonamides is 1. The molecule has 1 aromatic carbocycles. The Balaban J connectivity index is 1.36. The van der Waals surface area contributed by atoms with Gasteiger partial charge in [-0.3, -0.25) is 4.79 Å². The number of carbonyl (C=O) groups excluding carboxylic acids is 1. The molecule has 2 aliphatic rings. The molecule has 0 saturated carbocycles. The fourth-order valence-electron chi connectivity index (χ4n) is 4.93. The van der Waals surface area contributed by atoms with Crippen LogP contribution < -0.4 is 5.32 Å². The van der Waals surface area contributed by atoms with Gasteiger partial charge in [0.2, 0.25) is 15.9 Å². The van der Waals surface area contributed by atoms with Gasteiger partial charge in [-0.2, -0.15) is 4.31 Å². The molecule has 2 heterocycles. The minimum absolute atomic E-state index is 0.0606. The van der Waals surface area contributed by atoms with Crippen molar-refractivity contribution in [1.82, 2.24) is 14.5 Å². The summed E-state index contributed by atoms with van der Waals surface area (Å²) in [6, 6.07) is 7.03. The number of aryl methyl sites for hydroxylation is 1. The van der Waals surface area contributed by atoms with Gasteiger partial charge in [0, 0.05) is 39.1 Å². The van der Waals surface area contributed by atoms with Crippen LogP contribution >= 0.6 is 0 Å². The molecule has 0 bridgehead atoms. The second-order valence-electron chi connectivity index (χ2n) is 9.52. The van der Waals surface area contributed by atoms with Crippen molar-refractivity contribution < 1.29 is 13.2 Å². The highest BCUT2D eigenvalue weighted by atomic mass is 32.2. The zero-order valence-corrected chi connectivity index (χ0v) is 20.0. The van der Waals surface area contributed by atoms with Gasteiger partial charge in [0.05, 0.1) is 4.90 Å². The smallest absolute Gasteiger partial charge is 0.243 e. The zero-order chi connectivity index (χ0) is 22.3. The molecule has 1 aromatic rings. The van der Waals surface area contributed by atoms with Crippen molar-refractivity contribution in [1.29, 1.82) is 0 Å². The summed E-state index contributed by atoms with van der Waals surface area (Å²) in [4.78, 5) is 15.0. The van der Waals surface area contributed by atoms with Gasteiger partial charge in [0.25, 0.3) is 0 Å². The zero-order valence-electron chi connectivity index (χ0n) is 19.2. The average molecular weight is 450 g/mol. The first-order chi connectivity index (χ1) is 14.8. The highest BCUT2D eigenvalue weighted by Gasteiger charge is 2.25. The number of nitrogens with zero attached hydrogens (tertiary/aromatic N) is 2. The summed E-state index contributed by atoms with van der Waals surface area (Å²) in [6.07, 6.45) is 6.31. The predicted molar refractivity (Wildman–Crippen MR) is 124 cm³/mol. The molecule has 3 rings (SSSR count). The van der Waals surface area contributed by atoms with Gasteiger partial charge in [-0.05, 0) is 68.2 Å². The normalized spacial score (nSPS) is 23.5. The molecule has 1 N–H and O–H groups in total. The lowest BCUT2D eigenvalue weighted by atomic mass is 9.92. The van der Waals surface area contributed by atoms with E-state index in [1.54, 1.807) is 16.4 Å². The van der Waals surface area contributed by atoms with Crippen LogP contribution in [0, 0.1) is 11.8 Å². The maximum Gasteiger partial charge on any atom is 0.243 e. The van der Waals surface area contributed by atoms with E-state index in [1.165, 1.54) is 19.5 Å². The summed E-state index contributed by atoms with van der Waals surface area (Å²) < 4.78 is 27.0. The van der Waals surface area contributed by atoms with Gasteiger partial charge in [0.1, 0.15) is 0 Å². The molecule has 1 amide bonds. The number of rotatable bonds is 9. The number of benzene rings is 1. The fraction of sp³-hybridized carbons (Fsp3) is 0.708.